The van der Waals surface area contributed by atoms with E-state index in [9.17, 15) is 4.79 Å². The lowest BCUT2D eigenvalue weighted by atomic mass is 9.63. The molecule has 0 saturated carbocycles. The maximum atomic E-state index is 13.4. The Morgan fingerprint density at radius 1 is 1.04 bits per heavy atom. The van der Waals surface area contributed by atoms with Crippen LogP contribution in [0.1, 0.15) is 35.6 Å². The number of hydrogen-bond donors (Lipinski definition) is 1. The Kier molecular flexibility index (Phi) is 5.91. The summed E-state index contributed by atoms with van der Waals surface area (Å²) in [4.78, 5) is 16.5. The van der Waals surface area contributed by atoms with Gasteiger partial charge in [-0.25, -0.2) is 0 Å². The first-order valence-electron chi connectivity index (χ1n) is 8.65. The highest BCUT2D eigenvalue weighted by atomic mass is 35.5. The Balaban J connectivity index is 0.00000225. The Labute approximate surface area is 157 Å². The lowest BCUT2D eigenvalue weighted by Crippen LogP contribution is -3.06. The van der Waals surface area contributed by atoms with Crippen molar-refractivity contribution < 1.29 is 22.1 Å². The van der Waals surface area contributed by atoms with Gasteiger partial charge in [0.05, 0.1) is 19.5 Å². The molecule has 0 radical (unpaired) electrons. The second-order valence-corrected chi connectivity index (χ2v) is 7.23. The number of fused-ring (bicyclic) bond motifs is 1. The zero-order valence-corrected chi connectivity index (χ0v) is 16.2. The third kappa shape index (κ3) is 3.19. The van der Waals surface area contributed by atoms with Crippen LogP contribution in [-0.2, 0) is 10.2 Å². The van der Waals surface area contributed by atoms with Gasteiger partial charge in [-0.3, -0.25) is 4.79 Å². The number of hydrogen-bond acceptors (Lipinski definition) is 1. The molecule has 3 nitrogen and oxygen atoms in total. The van der Waals surface area contributed by atoms with Gasteiger partial charge in [-0.2, -0.15) is 0 Å². The normalized spacial score (nSPS) is 22.0. The number of halogens is 1. The third-order valence-electron chi connectivity index (χ3n) is 5.34. The topological polar surface area (TPSA) is 24.8 Å². The molecule has 1 aliphatic rings. The van der Waals surface area contributed by atoms with Crippen LogP contribution in [0.4, 0.5) is 0 Å². The molecule has 25 heavy (non-hydrogen) atoms. The predicted octanol–water partition coefficient (Wildman–Crippen LogP) is -0.956. The molecule has 2 atom stereocenters. The van der Waals surface area contributed by atoms with Crippen molar-refractivity contribution in [3.63, 3.8) is 0 Å². The molecule has 0 aliphatic heterocycles. The summed E-state index contributed by atoms with van der Waals surface area (Å²) in [5.41, 5.74) is 3.01. The lowest BCUT2D eigenvalue weighted by Gasteiger charge is -2.42. The molecule has 1 amide bonds. The van der Waals surface area contributed by atoms with Crippen molar-refractivity contribution in [3.05, 3.63) is 71.3 Å². The zero-order chi connectivity index (χ0) is 17.3. The Morgan fingerprint density at radius 2 is 1.64 bits per heavy atom. The van der Waals surface area contributed by atoms with Crippen molar-refractivity contribution in [2.45, 2.75) is 24.3 Å². The average molecular weight is 359 g/mol. The quantitative estimate of drug-likeness (QED) is 0.751. The van der Waals surface area contributed by atoms with E-state index >= 15 is 0 Å². The first-order valence-corrected chi connectivity index (χ1v) is 8.65. The first-order chi connectivity index (χ1) is 11.5. The van der Waals surface area contributed by atoms with Crippen molar-refractivity contribution in [2.75, 3.05) is 28.2 Å². The van der Waals surface area contributed by atoms with Gasteiger partial charge in [-0.05, 0) is 17.5 Å². The number of amides is 1. The Hall–Kier alpha value is -1.84. The van der Waals surface area contributed by atoms with Gasteiger partial charge in [-0.1, -0.05) is 54.6 Å². The van der Waals surface area contributed by atoms with Gasteiger partial charge < -0.3 is 22.2 Å². The second-order valence-electron chi connectivity index (χ2n) is 7.23. The van der Waals surface area contributed by atoms with Crippen LogP contribution in [0, 0.1) is 0 Å². The SMILES string of the molecule is CN(C)C(=O)C1(c2ccccc2)CC[C@@H]([NH+](C)C)c2ccccc21.[Cl-]. The Bertz CT molecular complexity index is 730. The fraction of sp³-hybridized carbons (Fsp3) is 0.381. The molecule has 0 saturated heterocycles. The van der Waals surface area contributed by atoms with E-state index in [-0.39, 0.29) is 18.3 Å². The number of carbonyl (C=O) groups excluding carboxylic acids is 1. The van der Waals surface area contributed by atoms with Gasteiger partial charge in [-0.15, -0.1) is 0 Å². The van der Waals surface area contributed by atoms with Crippen molar-refractivity contribution in [1.82, 2.24) is 4.90 Å². The van der Waals surface area contributed by atoms with Gasteiger partial charge >= 0.3 is 0 Å². The maximum Gasteiger partial charge on any atom is 0.237 e. The van der Waals surface area contributed by atoms with Crippen molar-refractivity contribution in [2.24, 2.45) is 0 Å². The van der Waals surface area contributed by atoms with Crippen LogP contribution in [0.25, 0.3) is 0 Å². The van der Waals surface area contributed by atoms with Crippen molar-refractivity contribution in [3.8, 4) is 0 Å². The summed E-state index contributed by atoms with van der Waals surface area (Å²) >= 11 is 0. The van der Waals surface area contributed by atoms with Crippen LogP contribution >= 0.6 is 0 Å². The molecule has 134 valence electrons. The summed E-state index contributed by atoms with van der Waals surface area (Å²) in [6, 6.07) is 19.2. The van der Waals surface area contributed by atoms with Crippen LogP contribution in [-0.4, -0.2) is 39.0 Å². The number of rotatable bonds is 3. The standard InChI is InChI=1S/C21H26N2O.ClH/c1-22(2)19-14-15-21(20(24)23(3)4,16-10-6-5-7-11-16)18-13-9-8-12-17(18)19;/h5-13,19H,14-15H2,1-4H3;1H/t19-,21?;/m1./s1. The lowest BCUT2D eigenvalue weighted by molar-refractivity contribution is -0.893. The molecule has 2 aromatic carbocycles. The summed E-state index contributed by atoms with van der Waals surface area (Å²) in [5.74, 6) is 0.174. The fourth-order valence-corrected chi connectivity index (χ4v) is 4.19. The molecule has 0 bridgehead atoms. The maximum absolute atomic E-state index is 13.4. The van der Waals surface area contributed by atoms with Crippen molar-refractivity contribution >= 4 is 5.91 Å². The molecular formula is C21H27ClN2O. The molecular weight excluding hydrogens is 332 g/mol. The van der Waals surface area contributed by atoms with Gasteiger partial charge in [0.15, 0.2) is 0 Å². The van der Waals surface area contributed by atoms with Crippen LogP contribution in [0.3, 0.4) is 0 Å². The number of benzene rings is 2. The molecule has 0 heterocycles. The van der Waals surface area contributed by atoms with E-state index < -0.39 is 5.41 Å². The predicted molar refractivity (Wildman–Crippen MR) is 97.1 cm³/mol. The highest BCUT2D eigenvalue weighted by Gasteiger charge is 2.48. The molecule has 1 aliphatic carbocycles. The van der Waals surface area contributed by atoms with E-state index in [1.165, 1.54) is 16.0 Å². The van der Waals surface area contributed by atoms with E-state index in [0.29, 0.717) is 6.04 Å². The number of nitrogens with one attached hydrogen (secondary N) is 1. The zero-order valence-electron chi connectivity index (χ0n) is 15.4. The van der Waals surface area contributed by atoms with Gasteiger partial charge in [0.2, 0.25) is 5.91 Å². The number of carbonyl (C=O) groups is 1. The second kappa shape index (κ2) is 7.59. The summed E-state index contributed by atoms with van der Waals surface area (Å²) in [5, 5.41) is 0. The molecule has 0 fully saturated rings. The molecule has 0 aromatic heterocycles. The molecule has 2 aromatic rings. The minimum Gasteiger partial charge on any atom is -1.00 e. The minimum atomic E-state index is -0.576. The Morgan fingerprint density at radius 3 is 2.24 bits per heavy atom. The largest absolute Gasteiger partial charge is 1.00 e. The molecule has 3 rings (SSSR count). The average Bonchev–Trinajstić information content (AvgIpc) is 2.60. The van der Waals surface area contributed by atoms with Crippen LogP contribution in [0.15, 0.2) is 54.6 Å². The van der Waals surface area contributed by atoms with Gasteiger partial charge in [0, 0.05) is 26.1 Å². The summed E-state index contributed by atoms with van der Waals surface area (Å²) in [6.07, 6.45) is 1.86. The number of nitrogens with zero attached hydrogens (tertiary/aromatic N) is 1. The molecule has 1 N–H and O–H groups in total. The van der Waals surface area contributed by atoms with Gasteiger partial charge in [0.25, 0.3) is 0 Å². The van der Waals surface area contributed by atoms with Crippen LogP contribution < -0.4 is 17.3 Å². The minimum absolute atomic E-state index is 0. The van der Waals surface area contributed by atoms with Crippen LogP contribution in [0.2, 0.25) is 0 Å². The highest BCUT2D eigenvalue weighted by molar-refractivity contribution is 5.92. The van der Waals surface area contributed by atoms with Crippen LogP contribution in [0.5, 0.6) is 0 Å². The van der Waals surface area contributed by atoms with E-state index in [0.717, 1.165) is 18.4 Å². The third-order valence-corrected chi connectivity index (χ3v) is 5.34. The fourth-order valence-electron chi connectivity index (χ4n) is 4.19. The highest BCUT2D eigenvalue weighted by Crippen LogP contribution is 2.46. The van der Waals surface area contributed by atoms with Gasteiger partial charge in [0.1, 0.15) is 6.04 Å². The number of quaternary nitrogens is 1. The monoisotopic (exact) mass is 358 g/mol. The smallest absolute Gasteiger partial charge is 0.237 e. The molecule has 1 unspecified atom stereocenters. The molecule has 0 spiro atoms. The molecule has 4 heteroatoms. The van der Waals surface area contributed by atoms with Crippen molar-refractivity contribution in [1.29, 1.82) is 0 Å². The summed E-state index contributed by atoms with van der Waals surface area (Å²) in [6.45, 7) is 0. The van der Waals surface area contributed by atoms with E-state index in [1.807, 2.05) is 32.3 Å². The van der Waals surface area contributed by atoms with E-state index in [1.54, 1.807) is 4.90 Å². The summed E-state index contributed by atoms with van der Waals surface area (Å²) in [7, 11) is 8.12. The number of likely N-dealkylation sites (N-methyl/N-ethyl adjacent to an activating group) is 1. The first kappa shape index (κ1) is 19.5. The van der Waals surface area contributed by atoms with E-state index in [4.69, 9.17) is 0 Å². The van der Waals surface area contributed by atoms with E-state index in [2.05, 4.69) is 50.5 Å². The summed E-state index contributed by atoms with van der Waals surface area (Å²) < 4.78 is 0.